The quantitative estimate of drug-likeness (QED) is 0.257. The molecule has 1 aromatic carbocycles. The summed E-state index contributed by atoms with van der Waals surface area (Å²) in [4.78, 5) is 0.411. The molecule has 108 valence electrons. The molecule has 0 heterocycles. The van der Waals surface area contributed by atoms with Gasteiger partial charge in [0.2, 0.25) is 0 Å². The van der Waals surface area contributed by atoms with Crippen LogP contribution in [0.4, 0.5) is 0 Å². The summed E-state index contributed by atoms with van der Waals surface area (Å²) in [6, 6.07) is 2.52. The van der Waals surface area contributed by atoms with Crippen LogP contribution in [0.25, 0.3) is 0 Å². The van der Waals surface area contributed by atoms with Gasteiger partial charge < -0.3 is 9.29 Å². The normalized spacial score (nSPS) is 11.5. The minimum absolute atomic E-state index is 0.113. The van der Waals surface area contributed by atoms with Crippen LogP contribution in [0.3, 0.4) is 0 Å². The Bertz CT molecular complexity index is 532. The summed E-state index contributed by atoms with van der Waals surface area (Å²) in [5.41, 5.74) is 0.552. The summed E-state index contributed by atoms with van der Waals surface area (Å²) in [5, 5.41) is 21.1. The van der Waals surface area contributed by atoms with Crippen molar-refractivity contribution in [3.05, 3.63) is 17.7 Å². The summed E-state index contributed by atoms with van der Waals surface area (Å²) in [5.74, 6) is -1.09. The molecular formula is C9H11ClO7S2. The maximum Gasteiger partial charge on any atom is 0.310 e. The predicted octanol–water partition coefficient (Wildman–Crippen LogP) is 2.08. The average molecular weight is 331 g/mol. The summed E-state index contributed by atoms with van der Waals surface area (Å²) >= 11 is 5.97. The maximum absolute atomic E-state index is 11.4. The molecule has 0 fully saturated rings. The second kappa shape index (κ2) is 7.17. The Labute approximate surface area is 119 Å². The van der Waals surface area contributed by atoms with Gasteiger partial charge in [-0.05, 0) is 18.6 Å². The number of hydrogen-bond donors (Lipinski definition) is 2. The monoisotopic (exact) mass is 330 g/mol. The molecule has 7 nitrogen and oxygen atoms in total. The molecule has 0 saturated carbocycles. The lowest BCUT2D eigenvalue weighted by Crippen LogP contribution is -2.14. The maximum atomic E-state index is 11.4. The van der Waals surface area contributed by atoms with Crippen molar-refractivity contribution in [3.8, 4) is 11.5 Å². The van der Waals surface area contributed by atoms with E-state index in [2.05, 4.69) is 9.37 Å². The minimum Gasteiger partial charge on any atom is -0.504 e. The number of halogens is 1. The van der Waals surface area contributed by atoms with Gasteiger partial charge in [0.15, 0.2) is 11.5 Å². The van der Waals surface area contributed by atoms with E-state index in [0.29, 0.717) is 22.5 Å². The fourth-order valence-electron chi connectivity index (χ4n) is 1.13. The Hall–Kier alpha value is -0.710. The molecule has 0 unspecified atom stereocenters. The van der Waals surface area contributed by atoms with Crippen LogP contribution in [-0.4, -0.2) is 30.4 Å². The van der Waals surface area contributed by atoms with Crippen LogP contribution in [0.2, 0.25) is 0 Å². The summed E-state index contributed by atoms with van der Waals surface area (Å²) in [6.45, 7) is 1.63. The van der Waals surface area contributed by atoms with Gasteiger partial charge in [0.1, 0.15) is 0 Å². The highest BCUT2D eigenvalue weighted by Crippen LogP contribution is 2.35. The highest BCUT2D eigenvalue weighted by atomic mass is 35.5. The number of aromatic hydroxyl groups is 1. The molecule has 0 aliphatic carbocycles. The topological polar surface area (TPSA) is 102 Å². The molecule has 1 aromatic rings. The van der Waals surface area contributed by atoms with Crippen LogP contribution >= 0.6 is 23.6 Å². The van der Waals surface area contributed by atoms with Crippen molar-refractivity contribution >= 4 is 33.8 Å². The van der Waals surface area contributed by atoms with Gasteiger partial charge >= 0.3 is 10.1 Å². The van der Waals surface area contributed by atoms with E-state index < -0.39 is 15.9 Å². The van der Waals surface area contributed by atoms with Crippen molar-refractivity contribution in [3.63, 3.8) is 0 Å². The van der Waals surface area contributed by atoms with Gasteiger partial charge in [0.05, 0.1) is 17.8 Å². The standard InChI is InChI=1S/C9H11ClO7S2/c1-6-4-8(15-19(13,14)3-2-10)7(11)5-9(6)18-17-16-12/h4-5,11-12H,2-3H2,1H3. The van der Waals surface area contributed by atoms with Crippen molar-refractivity contribution in [2.24, 2.45) is 0 Å². The van der Waals surface area contributed by atoms with E-state index in [-0.39, 0.29) is 17.4 Å². The molecule has 0 atom stereocenters. The first-order chi connectivity index (χ1) is 8.89. The third kappa shape index (κ3) is 5.05. The first-order valence-corrected chi connectivity index (χ1v) is 7.71. The molecule has 0 amide bonds. The number of phenolic OH excluding ortho intramolecular Hbond substituents is 1. The van der Waals surface area contributed by atoms with Gasteiger partial charge in [-0.15, -0.1) is 15.9 Å². The van der Waals surface area contributed by atoms with Crippen molar-refractivity contribution in [2.75, 3.05) is 11.6 Å². The van der Waals surface area contributed by atoms with E-state index in [1.807, 2.05) is 0 Å². The lowest BCUT2D eigenvalue weighted by Gasteiger charge is -2.10. The van der Waals surface area contributed by atoms with E-state index >= 15 is 0 Å². The van der Waals surface area contributed by atoms with E-state index in [1.165, 1.54) is 12.1 Å². The highest BCUT2D eigenvalue weighted by Gasteiger charge is 2.17. The summed E-state index contributed by atoms with van der Waals surface area (Å²) in [7, 11) is -3.85. The first kappa shape index (κ1) is 16.3. The molecule has 0 aromatic heterocycles. The van der Waals surface area contributed by atoms with E-state index in [0.717, 1.165) is 0 Å². The van der Waals surface area contributed by atoms with Crippen LogP contribution in [-0.2, 0) is 19.5 Å². The highest BCUT2D eigenvalue weighted by molar-refractivity contribution is 7.94. The van der Waals surface area contributed by atoms with Gasteiger partial charge in [-0.25, -0.2) is 5.26 Å². The molecule has 0 radical (unpaired) electrons. The Morgan fingerprint density at radius 1 is 1.42 bits per heavy atom. The number of benzene rings is 1. The fraction of sp³-hybridized carbons (Fsp3) is 0.333. The number of hydrogen-bond acceptors (Lipinski definition) is 8. The molecule has 19 heavy (non-hydrogen) atoms. The summed E-state index contributed by atoms with van der Waals surface area (Å²) in [6.07, 6.45) is 0. The van der Waals surface area contributed by atoms with Crippen molar-refractivity contribution in [1.82, 2.24) is 0 Å². The number of phenols is 1. The van der Waals surface area contributed by atoms with Crippen LogP contribution in [0.5, 0.6) is 11.5 Å². The van der Waals surface area contributed by atoms with Gasteiger partial charge in [0.25, 0.3) is 0 Å². The fourth-order valence-corrected chi connectivity index (χ4v) is 2.83. The van der Waals surface area contributed by atoms with E-state index in [1.54, 1.807) is 6.92 Å². The van der Waals surface area contributed by atoms with Crippen LogP contribution < -0.4 is 4.18 Å². The molecule has 2 N–H and O–H groups in total. The zero-order chi connectivity index (χ0) is 14.5. The number of rotatable bonds is 7. The lowest BCUT2D eigenvalue weighted by molar-refractivity contribution is -0.432. The Balaban J connectivity index is 2.96. The molecule has 1 rings (SSSR count). The third-order valence-corrected chi connectivity index (χ3v) is 4.25. The third-order valence-electron chi connectivity index (χ3n) is 1.95. The Kier molecular flexibility index (Phi) is 6.17. The zero-order valence-corrected chi connectivity index (χ0v) is 12.1. The largest absolute Gasteiger partial charge is 0.504 e. The second-order valence-electron chi connectivity index (χ2n) is 3.35. The molecule has 0 aliphatic heterocycles. The minimum atomic E-state index is -3.85. The average Bonchev–Trinajstić information content (AvgIpc) is 2.31. The van der Waals surface area contributed by atoms with Gasteiger partial charge in [-0.3, -0.25) is 0 Å². The Morgan fingerprint density at radius 2 is 2.11 bits per heavy atom. The van der Waals surface area contributed by atoms with Crippen LogP contribution in [0.15, 0.2) is 17.0 Å². The van der Waals surface area contributed by atoms with Crippen LogP contribution in [0.1, 0.15) is 5.56 Å². The molecule has 0 spiro atoms. The smallest absolute Gasteiger partial charge is 0.310 e. The molecule has 0 aliphatic rings. The number of aryl methyl sites for hydroxylation is 1. The summed E-state index contributed by atoms with van der Waals surface area (Å²) < 4.78 is 31.8. The first-order valence-electron chi connectivity index (χ1n) is 4.86. The van der Waals surface area contributed by atoms with Crippen molar-refractivity contribution in [1.29, 1.82) is 0 Å². The van der Waals surface area contributed by atoms with E-state index in [9.17, 15) is 13.5 Å². The molecular weight excluding hydrogens is 320 g/mol. The van der Waals surface area contributed by atoms with Gasteiger partial charge in [-0.2, -0.15) is 8.42 Å². The van der Waals surface area contributed by atoms with Gasteiger partial charge in [-0.1, -0.05) is 5.04 Å². The van der Waals surface area contributed by atoms with Crippen molar-refractivity contribution in [2.45, 2.75) is 11.8 Å². The SMILES string of the molecule is Cc1cc(OS(=O)(=O)CCCl)c(O)cc1SOOO. The molecule has 0 bridgehead atoms. The van der Waals surface area contributed by atoms with Crippen LogP contribution in [0, 0.1) is 6.92 Å². The number of alkyl halides is 1. The van der Waals surface area contributed by atoms with E-state index in [4.69, 9.17) is 21.0 Å². The van der Waals surface area contributed by atoms with Crippen molar-refractivity contribution < 1.29 is 32.3 Å². The Morgan fingerprint density at radius 3 is 2.68 bits per heavy atom. The predicted molar refractivity (Wildman–Crippen MR) is 68.6 cm³/mol. The lowest BCUT2D eigenvalue weighted by atomic mass is 10.2. The van der Waals surface area contributed by atoms with Gasteiger partial charge in [0, 0.05) is 16.8 Å². The molecule has 10 heteroatoms. The zero-order valence-electron chi connectivity index (χ0n) is 9.70. The second-order valence-corrected chi connectivity index (χ2v) is 6.16. The molecule has 0 saturated heterocycles.